The van der Waals surface area contributed by atoms with Crippen molar-refractivity contribution >= 4 is 16.8 Å². The van der Waals surface area contributed by atoms with Gasteiger partial charge in [-0.25, -0.2) is 4.79 Å². The number of aliphatic hydroxyl groups excluding tert-OH is 1. The van der Waals surface area contributed by atoms with Crippen molar-refractivity contribution in [2.24, 2.45) is 5.41 Å². The highest BCUT2D eigenvalue weighted by Gasteiger charge is 2.19. The van der Waals surface area contributed by atoms with Gasteiger partial charge in [0.05, 0.1) is 6.04 Å². The highest BCUT2D eigenvalue weighted by Crippen LogP contribution is 2.24. The first-order valence-corrected chi connectivity index (χ1v) is 8.06. The Morgan fingerprint density at radius 1 is 1.17 bits per heavy atom. The summed E-state index contributed by atoms with van der Waals surface area (Å²) in [7, 11) is 0. The van der Waals surface area contributed by atoms with Crippen LogP contribution in [0.5, 0.6) is 0 Å². The molecule has 0 fully saturated rings. The number of benzene rings is 2. The first-order valence-electron chi connectivity index (χ1n) is 8.06. The Morgan fingerprint density at radius 3 is 2.61 bits per heavy atom. The zero-order valence-corrected chi connectivity index (χ0v) is 14.1. The molecular weight excluding hydrogens is 288 g/mol. The Kier molecular flexibility index (Phi) is 5.61. The van der Waals surface area contributed by atoms with Crippen LogP contribution >= 0.6 is 0 Å². The molecule has 2 aromatic rings. The van der Waals surface area contributed by atoms with Crippen LogP contribution < -0.4 is 10.6 Å². The van der Waals surface area contributed by atoms with E-state index in [-0.39, 0.29) is 24.1 Å². The Bertz CT molecular complexity index is 662. The molecule has 2 aromatic carbocycles. The van der Waals surface area contributed by atoms with E-state index in [2.05, 4.69) is 28.8 Å². The predicted molar refractivity (Wildman–Crippen MR) is 94.4 cm³/mol. The maximum absolute atomic E-state index is 12.1. The minimum Gasteiger partial charge on any atom is -0.396 e. The summed E-state index contributed by atoms with van der Waals surface area (Å²) in [5.74, 6) is 0. The molecule has 0 aliphatic carbocycles. The van der Waals surface area contributed by atoms with Crippen molar-refractivity contribution in [1.29, 1.82) is 0 Å². The number of hydrogen-bond acceptors (Lipinski definition) is 2. The number of amides is 2. The standard InChI is InChI=1S/C19H26N2O2/c1-14(21-18(23)20-13-19(2,3)11-12-22)16-10-6-8-15-7-4-5-9-17(15)16/h4-10,14,22H,11-13H2,1-3H3,(H2,20,21,23). The monoisotopic (exact) mass is 314 g/mol. The molecule has 23 heavy (non-hydrogen) atoms. The molecule has 0 heterocycles. The molecule has 0 spiro atoms. The molecule has 4 heteroatoms. The van der Waals surface area contributed by atoms with Gasteiger partial charge in [0.15, 0.2) is 0 Å². The van der Waals surface area contributed by atoms with Gasteiger partial charge >= 0.3 is 6.03 Å². The third-order valence-corrected chi connectivity index (χ3v) is 4.15. The van der Waals surface area contributed by atoms with E-state index < -0.39 is 0 Å². The van der Waals surface area contributed by atoms with Crippen molar-refractivity contribution in [3.8, 4) is 0 Å². The summed E-state index contributed by atoms with van der Waals surface area (Å²) in [6, 6.07) is 14.0. The molecular formula is C19H26N2O2. The van der Waals surface area contributed by atoms with E-state index in [0.717, 1.165) is 10.9 Å². The smallest absolute Gasteiger partial charge is 0.315 e. The van der Waals surface area contributed by atoms with E-state index in [1.54, 1.807) is 0 Å². The summed E-state index contributed by atoms with van der Waals surface area (Å²) in [5.41, 5.74) is 0.988. The second-order valence-electron chi connectivity index (χ2n) is 6.75. The first kappa shape index (κ1) is 17.3. The van der Waals surface area contributed by atoms with Crippen LogP contribution in [0.15, 0.2) is 42.5 Å². The summed E-state index contributed by atoms with van der Waals surface area (Å²) in [4.78, 5) is 12.1. The number of carbonyl (C=O) groups is 1. The minimum atomic E-state index is -0.184. The maximum Gasteiger partial charge on any atom is 0.315 e. The van der Waals surface area contributed by atoms with E-state index in [9.17, 15) is 4.79 Å². The Hall–Kier alpha value is -2.07. The number of urea groups is 1. The normalized spacial score (nSPS) is 12.9. The molecule has 2 rings (SSSR count). The Morgan fingerprint density at radius 2 is 1.87 bits per heavy atom. The summed E-state index contributed by atoms with van der Waals surface area (Å²) in [5, 5.41) is 17.2. The summed E-state index contributed by atoms with van der Waals surface area (Å²) >= 11 is 0. The zero-order valence-electron chi connectivity index (χ0n) is 14.1. The van der Waals surface area contributed by atoms with Crippen LogP contribution in [0.3, 0.4) is 0 Å². The molecule has 3 N–H and O–H groups in total. The van der Waals surface area contributed by atoms with E-state index in [0.29, 0.717) is 13.0 Å². The van der Waals surface area contributed by atoms with Gasteiger partial charge in [0.1, 0.15) is 0 Å². The van der Waals surface area contributed by atoms with Crippen LogP contribution in [0, 0.1) is 5.41 Å². The number of hydrogen-bond donors (Lipinski definition) is 3. The van der Waals surface area contributed by atoms with Crippen LogP contribution in [0.4, 0.5) is 4.79 Å². The van der Waals surface area contributed by atoms with Gasteiger partial charge in [-0.15, -0.1) is 0 Å². The quantitative estimate of drug-likeness (QED) is 0.763. The number of carbonyl (C=O) groups excluding carboxylic acids is 1. The highest BCUT2D eigenvalue weighted by molar-refractivity contribution is 5.86. The van der Waals surface area contributed by atoms with Crippen LogP contribution in [0.2, 0.25) is 0 Å². The molecule has 1 unspecified atom stereocenters. The van der Waals surface area contributed by atoms with Gasteiger partial charge in [0.25, 0.3) is 0 Å². The molecule has 1 atom stereocenters. The van der Waals surface area contributed by atoms with Crippen molar-refractivity contribution in [1.82, 2.24) is 10.6 Å². The van der Waals surface area contributed by atoms with Crippen LogP contribution in [-0.4, -0.2) is 24.3 Å². The SMILES string of the molecule is CC(NC(=O)NCC(C)(C)CCO)c1cccc2ccccc12. The average molecular weight is 314 g/mol. The van der Waals surface area contributed by atoms with Crippen LogP contribution in [0.25, 0.3) is 10.8 Å². The van der Waals surface area contributed by atoms with E-state index in [4.69, 9.17) is 5.11 Å². The Balaban J connectivity index is 2.01. The van der Waals surface area contributed by atoms with Gasteiger partial charge in [0.2, 0.25) is 0 Å². The maximum atomic E-state index is 12.1. The van der Waals surface area contributed by atoms with Gasteiger partial charge in [0, 0.05) is 13.2 Å². The molecule has 2 amide bonds. The second-order valence-corrected chi connectivity index (χ2v) is 6.75. The van der Waals surface area contributed by atoms with Crippen LogP contribution in [0.1, 0.15) is 38.8 Å². The number of aliphatic hydroxyl groups is 1. The third-order valence-electron chi connectivity index (χ3n) is 4.15. The van der Waals surface area contributed by atoms with Gasteiger partial charge in [-0.1, -0.05) is 56.3 Å². The van der Waals surface area contributed by atoms with E-state index in [1.165, 1.54) is 5.39 Å². The fraction of sp³-hybridized carbons (Fsp3) is 0.421. The van der Waals surface area contributed by atoms with Crippen molar-refractivity contribution in [3.05, 3.63) is 48.0 Å². The van der Waals surface area contributed by atoms with Crippen molar-refractivity contribution in [3.63, 3.8) is 0 Å². The van der Waals surface area contributed by atoms with Gasteiger partial charge in [-0.2, -0.15) is 0 Å². The lowest BCUT2D eigenvalue weighted by atomic mass is 9.90. The lowest BCUT2D eigenvalue weighted by Gasteiger charge is -2.25. The average Bonchev–Trinajstić information content (AvgIpc) is 2.52. The van der Waals surface area contributed by atoms with E-state index >= 15 is 0 Å². The largest absolute Gasteiger partial charge is 0.396 e. The molecule has 0 aliphatic rings. The van der Waals surface area contributed by atoms with Crippen molar-refractivity contribution < 1.29 is 9.90 Å². The molecule has 0 radical (unpaired) electrons. The molecule has 4 nitrogen and oxygen atoms in total. The van der Waals surface area contributed by atoms with Crippen molar-refractivity contribution in [2.45, 2.75) is 33.2 Å². The highest BCUT2D eigenvalue weighted by atomic mass is 16.3. The van der Waals surface area contributed by atoms with Crippen LogP contribution in [-0.2, 0) is 0 Å². The molecule has 0 saturated carbocycles. The molecule has 0 saturated heterocycles. The predicted octanol–water partition coefficient (Wildman–Crippen LogP) is 3.61. The lowest BCUT2D eigenvalue weighted by Crippen LogP contribution is -2.41. The van der Waals surface area contributed by atoms with Gasteiger partial charge < -0.3 is 15.7 Å². The fourth-order valence-electron chi connectivity index (χ4n) is 2.66. The van der Waals surface area contributed by atoms with E-state index in [1.807, 2.05) is 45.0 Å². The summed E-state index contributed by atoms with van der Waals surface area (Å²) in [6.45, 7) is 6.69. The first-order chi connectivity index (χ1) is 10.9. The minimum absolute atomic E-state index is 0.0814. The Labute approximate surface area is 137 Å². The molecule has 0 aliphatic heterocycles. The van der Waals surface area contributed by atoms with Crippen molar-refractivity contribution in [2.75, 3.05) is 13.2 Å². The van der Waals surface area contributed by atoms with Gasteiger partial charge in [-0.05, 0) is 35.1 Å². The number of nitrogens with one attached hydrogen (secondary N) is 2. The number of rotatable bonds is 6. The molecule has 124 valence electrons. The van der Waals surface area contributed by atoms with Gasteiger partial charge in [-0.3, -0.25) is 0 Å². The lowest BCUT2D eigenvalue weighted by molar-refractivity contribution is 0.200. The molecule has 0 bridgehead atoms. The summed E-state index contributed by atoms with van der Waals surface area (Å²) < 4.78 is 0. The second kappa shape index (κ2) is 7.47. The topological polar surface area (TPSA) is 61.4 Å². The molecule has 0 aromatic heterocycles. The zero-order chi connectivity index (χ0) is 16.9. The number of fused-ring (bicyclic) bond motifs is 1. The summed E-state index contributed by atoms with van der Waals surface area (Å²) in [6.07, 6.45) is 0.659. The fourth-order valence-corrected chi connectivity index (χ4v) is 2.66. The third kappa shape index (κ3) is 4.70.